The van der Waals surface area contributed by atoms with Gasteiger partial charge in [-0.3, -0.25) is 9.56 Å². The normalized spacial score (nSPS) is 14.0. The average Bonchev–Trinajstić information content (AvgIpc) is 2.83. The molecular formula is C17H11Cl3N4. The number of hydrogen-bond donors (Lipinski definition) is 1. The number of benzene rings is 2. The van der Waals surface area contributed by atoms with Crippen molar-refractivity contribution < 1.29 is 0 Å². The van der Waals surface area contributed by atoms with E-state index in [4.69, 9.17) is 34.8 Å². The molecule has 1 N–H and O–H groups in total. The number of rotatable bonds is 1. The van der Waals surface area contributed by atoms with Gasteiger partial charge in [-0.25, -0.2) is 4.98 Å². The molecular weight excluding hydrogens is 367 g/mol. The number of amidine groups is 1. The van der Waals surface area contributed by atoms with Crippen molar-refractivity contribution in [3.05, 3.63) is 69.4 Å². The smallest absolute Gasteiger partial charge is 0.148 e. The molecule has 2 heterocycles. The van der Waals surface area contributed by atoms with E-state index in [1.54, 1.807) is 0 Å². The van der Waals surface area contributed by atoms with Gasteiger partial charge in [0, 0.05) is 10.6 Å². The van der Waals surface area contributed by atoms with Crippen LogP contribution in [-0.2, 0) is 6.54 Å². The van der Waals surface area contributed by atoms with E-state index in [0.717, 1.165) is 22.4 Å². The van der Waals surface area contributed by atoms with Crippen molar-refractivity contribution in [2.45, 2.75) is 6.54 Å². The van der Waals surface area contributed by atoms with Crippen molar-refractivity contribution >= 4 is 57.5 Å². The fourth-order valence-corrected chi connectivity index (χ4v) is 3.08. The highest BCUT2D eigenvalue weighted by atomic mass is 35.5. The van der Waals surface area contributed by atoms with Gasteiger partial charge in [0.25, 0.3) is 0 Å². The van der Waals surface area contributed by atoms with Crippen molar-refractivity contribution in [1.29, 1.82) is 0 Å². The van der Waals surface area contributed by atoms with Crippen LogP contribution >= 0.6 is 34.8 Å². The molecule has 1 aliphatic rings. The summed E-state index contributed by atoms with van der Waals surface area (Å²) < 4.78 is 2.01. The first-order valence-corrected chi connectivity index (χ1v) is 8.36. The number of aliphatic imine (C=N–C) groups is 1. The number of para-hydroxylation sites is 2. The zero-order valence-corrected chi connectivity index (χ0v) is 14.6. The van der Waals surface area contributed by atoms with E-state index in [1.165, 1.54) is 0 Å². The topological polar surface area (TPSA) is 42.2 Å². The summed E-state index contributed by atoms with van der Waals surface area (Å²) in [7, 11) is 0. The molecule has 24 heavy (non-hydrogen) atoms. The Balaban J connectivity index is 1.87. The summed E-state index contributed by atoms with van der Waals surface area (Å²) in [6.07, 6.45) is 0. The molecule has 0 spiro atoms. The van der Waals surface area contributed by atoms with Gasteiger partial charge in [-0.2, -0.15) is 0 Å². The molecule has 4 nitrogen and oxygen atoms in total. The maximum atomic E-state index is 6.15. The van der Waals surface area contributed by atoms with Gasteiger partial charge in [-0.05, 0) is 36.4 Å². The predicted molar refractivity (Wildman–Crippen MR) is 99.5 cm³/mol. The maximum absolute atomic E-state index is 6.15. The van der Waals surface area contributed by atoms with Gasteiger partial charge >= 0.3 is 0 Å². The van der Waals surface area contributed by atoms with E-state index in [0.29, 0.717) is 23.2 Å². The Morgan fingerprint density at radius 2 is 1.79 bits per heavy atom. The minimum atomic E-state index is 0.114. The monoisotopic (exact) mass is 376 g/mol. The summed E-state index contributed by atoms with van der Waals surface area (Å²) in [5.41, 5.74) is 2.68. The standard InChI is InChI=1S/C17H11Cl3N4/c18-11-7-5-10(6-8-11)16-21-9-14-22-12-3-1-2-4-13(12)24(14)17(23-16)15(19)20/h1-8H,9H2,(H,21,23). The lowest BCUT2D eigenvalue weighted by molar-refractivity contribution is 0.901. The second kappa shape index (κ2) is 6.13. The van der Waals surface area contributed by atoms with E-state index in [1.807, 2.05) is 53.1 Å². The first kappa shape index (κ1) is 15.5. The summed E-state index contributed by atoms with van der Waals surface area (Å²) in [6.45, 7) is 0.407. The van der Waals surface area contributed by atoms with Crippen LogP contribution < -0.4 is 5.32 Å². The van der Waals surface area contributed by atoms with E-state index in [2.05, 4.69) is 15.3 Å². The maximum Gasteiger partial charge on any atom is 0.148 e. The summed E-state index contributed by atoms with van der Waals surface area (Å²) >= 11 is 18.3. The summed E-state index contributed by atoms with van der Waals surface area (Å²) in [4.78, 5) is 9.25. The minimum Gasteiger partial charge on any atom is -0.324 e. The highest BCUT2D eigenvalue weighted by Crippen LogP contribution is 2.27. The minimum absolute atomic E-state index is 0.114. The number of fused-ring (bicyclic) bond motifs is 3. The Hall–Kier alpha value is -2.01. The Bertz CT molecular complexity index is 983. The zero-order valence-electron chi connectivity index (χ0n) is 12.3. The Kier molecular flexibility index (Phi) is 3.96. The van der Waals surface area contributed by atoms with E-state index in [-0.39, 0.29) is 4.49 Å². The number of imidazole rings is 1. The van der Waals surface area contributed by atoms with Gasteiger partial charge in [0.1, 0.15) is 22.0 Å². The van der Waals surface area contributed by atoms with Crippen molar-refractivity contribution in [2.75, 3.05) is 0 Å². The van der Waals surface area contributed by atoms with Crippen LogP contribution in [0.4, 0.5) is 0 Å². The molecule has 0 radical (unpaired) electrons. The third kappa shape index (κ3) is 2.67. The fraction of sp³-hybridized carbons (Fsp3) is 0.0588. The summed E-state index contributed by atoms with van der Waals surface area (Å²) in [5.74, 6) is 1.96. The molecule has 0 fully saturated rings. The summed E-state index contributed by atoms with van der Waals surface area (Å²) in [6, 6.07) is 15.2. The molecule has 7 heteroatoms. The van der Waals surface area contributed by atoms with Gasteiger partial charge in [0.2, 0.25) is 0 Å². The number of aromatic nitrogens is 2. The Morgan fingerprint density at radius 3 is 2.54 bits per heavy atom. The number of hydrogen-bond acceptors (Lipinski definition) is 3. The van der Waals surface area contributed by atoms with Gasteiger partial charge in [-0.1, -0.05) is 46.9 Å². The molecule has 0 saturated carbocycles. The lowest BCUT2D eigenvalue weighted by atomic mass is 10.2. The van der Waals surface area contributed by atoms with Crippen LogP contribution in [0, 0.1) is 0 Å². The molecule has 3 aromatic rings. The van der Waals surface area contributed by atoms with Gasteiger partial charge in [0.05, 0.1) is 17.6 Å². The van der Waals surface area contributed by atoms with Crippen LogP contribution in [0.2, 0.25) is 5.02 Å². The van der Waals surface area contributed by atoms with Crippen LogP contribution in [0.3, 0.4) is 0 Å². The first-order chi connectivity index (χ1) is 11.6. The molecule has 0 amide bonds. The van der Waals surface area contributed by atoms with Crippen LogP contribution in [0.5, 0.6) is 0 Å². The molecule has 120 valence electrons. The summed E-state index contributed by atoms with van der Waals surface area (Å²) in [5, 5.41) is 3.90. The van der Waals surface area contributed by atoms with E-state index in [9.17, 15) is 0 Å². The molecule has 1 aliphatic heterocycles. The fourth-order valence-electron chi connectivity index (χ4n) is 2.69. The van der Waals surface area contributed by atoms with Crippen molar-refractivity contribution in [3.63, 3.8) is 0 Å². The molecule has 0 unspecified atom stereocenters. The Morgan fingerprint density at radius 1 is 1.04 bits per heavy atom. The van der Waals surface area contributed by atoms with Crippen LogP contribution in [0.25, 0.3) is 16.9 Å². The SMILES string of the molecule is ClC(Cl)=C1NC(c2ccc(Cl)cc2)=NCc2nc3ccccc3n21. The molecule has 0 aliphatic carbocycles. The second-order valence-electron chi connectivity index (χ2n) is 5.26. The van der Waals surface area contributed by atoms with Crippen LogP contribution in [-0.4, -0.2) is 15.4 Å². The van der Waals surface area contributed by atoms with E-state index < -0.39 is 0 Å². The second-order valence-corrected chi connectivity index (χ2v) is 6.64. The van der Waals surface area contributed by atoms with Crippen molar-refractivity contribution in [1.82, 2.24) is 14.9 Å². The Labute approximate surface area is 153 Å². The van der Waals surface area contributed by atoms with Crippen LogP contribution in [0.1, 0.15) is 11.4 Å². The highest BCUT2D eigenvalue weighted by Gasteiger charge is 2.21. The lowest BCUT2D eigenvalue weighted by Gasteiger charge is -2.14. The number of halogens is 3. The molecule has 0 atom stereocenters. The molecule has 2 aromatic carbocycles. The quantitative estimate of drug-likeness (QED) is 0.662. The van der Waals surface area contributed by atoms with Crippen molar-refractivity contribution in [3.8, 4) is 0 Å². The largest absolute Gasteiger partial charge is 0.324 e. The van der Waals surface area contributed by atoms with Crippen molar-refractivity contribution in [2.24, 2.45) is 4.99 Å². The molecule has 1 aromatic heterocycles. The highest BCUT2D eigenvalue weighted by molar-refractivity contribution is 6.58. The average molecular weight is 378 g/mol. The molecule has 0 bridgehead atoms. The van der Waals surface area contributed by atoms with E-state index >= 15 is 0 Å². The van der Waals surface area contributed by atoms with Gasteiger partial charge in [-0.15, -0.1) is 0 Å². The third-order valence-corrected chi connectivity index (χ3v) is 4.38. The predicted octanol–water partition coefficient (Wildman–Crippen LogP) is 4.80. The lowest BCUT2D eigenvalue weighted by Crippen LogP contribution is -2.25. The molecule has 4 rings (SSSR count). The zero-order chi connectivity index (χ0) is 16.7. The molecule has 0 saturated heterocycles. The first-order valence-electron chi connectivity index (χ1n) is 7.23. The number of nitrogens with zero attached hydrogens (tertiary/aromatic N) is 3. The van der Waals surface area contributed by atoms with Crippen LogP contribution in [0.15, 0.2) is 58.0 Å². The number of nitrogens with one attached hydrogen (secondary N) is 1. The van der Waals surface area contributed by atoms with Gasteiger partial charge < -0.3 is 5.32 Å². The van der Waals surface area contributed by atoms with Gasteiger partial charge in [0.15, 0.2) is 0 Å². The third-order valence-electron chi connectivity index (χ3n) is 3.77.